The molecule has 0 spiro atoms. The summed E-state index contributed by atoms with van der Waals surface area (Å²) in [6, 6.07) is 0. The number of nitrogens with zero attached hydrogens (tertiary/aromatic N) is 4. The molecule has 138 valence electrons. The van der Waals surface area contributed by atoms with Gasteiger partial charge in [-0.1, -0.05) is 0 Å². The van der Waals surface area contributed by atoms with Crippen LogP contribution in [0.3, 0.4) is 0 Å². The molecule has 11 nitrogen and oxygen atoms in total. The van der Waals surface area contributed by atoms with Crippen LogP contribution in [-0.4, -0.2) is 73.7 Å². The molecule has 4 atom stereocenters. The van der Waals surface area contributed by atoms with E-state index in [1.165, 1.54) is 42.4 Å². The van der Waals surface area contributed by atoms with Gasteiger partial charge in [-0.2, -0.15) is 0 Å². The monoisotopic (exact) mass is 362 g/mol. The molecule has 0 aromatic rings. The molecule has 6 bridgehead atoms. The minimum absolute atomic E-state index is 0.0509. The fourth-order valence-electron chi connectivity index (χ4n) is 4.44. The van der Waals surface area contributed by atoms with Crippen molar-refractivity contribution < 1.29 is 24.0 Å². The van der Waals surface area contributed by atoms with Gasteiger partial charge in [0.25, 0.3) is 0 Å². The van der Waals surface area contributed by atoms with Crippen molar-refractivity contribution in [1.82, 2.24) is 30.2 Å². The van der Waals surface area contributed by atoms with Crippen LogP contribution < -0.4 is 10.6 Å². The van der Waals surface area contributed by atoms with Crippen LogP contribution in [0.4, 0.5) is 0 Å². The van der Waals surface area contributed by atoms with Crippen molar-refractivity contribution in [2.24, 2.45) is 0 Å². The fraction of sp³-hybridized carbons (Fsp3) is 0.533. The second-order valence-electron chi connectivity index (χ2n) is 6.72. The van der Waals surface area contributed by atoms with E-state index in [4.69, 9.17) is 0 Å². The summed E-state index contributed by atoms with van der Waals surface area (Å²) in [5.41, 5.74) is -1.56. The van der Waals surface area contributed by atoms with Crippen LogP contribution in [0.25, 0.3) is 0 Å². The van der Waals surface area contributed by atoms with Gasteiger partial charge in [-0.3, -0.25) is 54.2 Å². The smallest absolute Gasteiger partial charge is 0.227 e. The van der Waals surface area contributed by atoms with Crippen LogP contribution in [0.5, 0.6) is 0 Å². The molecule has 0 radical (unpaired) electrons. The Morgan fingerprint density at radius 1 is 0.846 bits per heavy atom. The van der Waals surface area contributed by atoms with Gasteiger partial charge in [0.1, 0.15) is 18.5 Å². The van der Waals surface area contributed by atoms with Gasteiger partial charge in [-0.15, -0.1) is 0 Å². The van der Waals surface area contributed by atoms with Crippen LogP contribution in [0, 0.1) is 0 Å². The molecule has 5 heterocycles. The predicted molar refractivity (Wildman–Crippen MR) is 83.5 cm³/mol. The Bertz CT molecular complexity index is 823. The molecule has 26 heavy (non-hydrogen) atoms. The highest BCUT2D eigenvalue weighted by molar-refractivity contribution is 5.91. The maximum atomic E-state index is 12.5. The third kappa shape index (κ3) is 1.62. The number of aldehydes is 1. The number of carbonyl (C=O) groups excluding carboxylic acids is 5. The Labute approximate surface area is 148 Å². The third-order valence-corrected chi connectivity index (χ3v) is 5.22. The summed E-state index contributed by atoms with van der Waals surface area (Å²) in [5.74, 6) is -1.51. The van der Waals surface area contributed by atoms with Gasteiger partial charge in [-0.25, -0.2) is 0 Å². The number of piperazine rings is 1. The standard InChI is InChI=1S/C15H18N6O5/c1-6(23)18-10-11-17-15(5-22)14(16-10)20(8(3)25)13(21(15)9(4)26)12(18)19(11)7(2)24/h5,10-11,14,16-17H,1-4H3. The van der Waals surface area contributed by atoms with E-state index in [0.717, 1.165) is 4.90 Å². The lowest BCUT2D eigenvalue weighted by atomic mass is 10.0. The average Bonchev–Trinajstić information content (AvgIpc) is 2.91. The number of nitrogens with one attached hydrogen (secondary N) is 2. The minimum atomic E-state index is -1.56. The van der Waals surface area contributed by atoms with Crippen molar-refractivity contribution in [2.45, 2.75) is 51.9 Å². The topological polar surface area (TPSA) is 122 Å². The van der Waals surface area contributed by atoms with E-state index in [-0.39, 0.29) is 23.5 Å². The molecule has 0 saturated carbocycles. The highest BCUT2D eigenvalue weighted by atomic mass is 16.2. The zero-order chi connectivity index (χ0) is 19.1. The largest absolute Gasteiger partial charge is 0.299 e. The molecule has 0 aromatic heterocycles. The summed E-state index contributed by atoms with van der Waals surface area (Å²) in [6.07, 6.45) is -1.76. The van der Waals surface area contributed by atoms with Crippen molar-refractivity contribution >= 4 is 29.9 Å². The van der Waals surface area contributed by atoms with Gasteiger partial charge in [0.05, 0.1) is 0 Å². The van der Waals surface area contributed by atoms with Crippen LogP contribution in [0.15, 0.2) is 11.6 Å². The zero-order valence-electron chi connectivity index (χ0n) is 14.6. The van der Waals surface area contributed by atoms with Crippen molar-refractivity contribution in [3.63, 3.8) is 0 Å². The number of hydrogen-bond donors (Lipinski definition) is 2. The first-order valence-electron chi connectivity index (χ1n) is 8.12. The summed E-state index contributed by atoms with van der Waals surface area (Å²) in [6.45, 7) is 5.20. The highest BCUT2D eigenvalue weighted by Crippen LogP contribution is 2.48. The molecule has 3 fully saturated rings. The molecule has 5 aliphatic rings. The second kappa shape index (κ2) is 4.89. The van der Waals surface area contributed by atoms with Crippen LogP contribution >= 0.6 is 0 Å². The Balaban J connectivity index is 2.12. The lowest BCUT2D eigenvalue weighted by molar-refractivity contribution is -0.146. The first kappa shape index (κ1) is 16.7. The van der Waals surface area contributed by atoms with Crippen molar-refractivity contribution in [3.05, 3.63) is 11.6 Å². The third-order valence-electron chi connectivity index (χ3n) is 5.22. The van der Waals surface area contributed by atoms with Gasteiger partial charge in [0, 0.05) is 27.7 Å². The Morgan fingerprint density at radius 3 is 1.85 bits per heavy atom. The van der Waals surface area contributed by atoms with Gasteiger partial charge >= 0.3 is 0 Å². The molecule has 4 amide bonds. The molecule has 2 N–H and O–H groups in total. The van der Waals surface area contributed by atoms with E-state index < -0.39 is 36.0 Å². The van der Waals surface area contributed by atoms with Gasteiger partial charge in [-0.05, 0) is 0 Å². The predicted octanol–water partition coefficient (Wildman–Crippen LogP) is -2.39. The van der Waals surface area contributed by atoms with E-state index in [2.05, 4.69) is 10.6 Å². The maximum absolute atomic E-state index is 12.5. The van der Waals surface area contributed by atoms with Crippen molar-refractivity contribution in [3.8, 4) is 0 Å². The fourth-order valence-corrected chi connectivity index (χ4v) is 4.44. The lowest BCUT2D eigenvalue weighted by Crippen LogP contribution is -2.80. The molecule has 3 saturated heterocycles. The maximum Gasteiger partial charge on any atom is 0.227 e. The lowest BCUT2D eigenvalue weighted by Gasteiger charge is -2.47. The van der Waals surface area contributed by atoms with Crippen LogP contribution in [0.1, 0.15) is 27.7 Å². The summed E-state index contributed by atoms with van der Waals surface area (Å²) in [7, 11) is 0. The normalized spacial score (nSPS) is 33.9. The Morgan fingerprint density at radius 2 is 1.38 bits per heavy atom. The van der Waals surface area contributed by atoms with E-state index in [0.29, 0.717) is 6.29 Å². The minimum Gasteiger partial charge on any atom is -0.299 e. The molecule has 5 rings (SSSR count). The molecule has 0 aliphatic carbocycles. The van der Waals surface area contributed by atoms with Gasteiger partial charge in [0.2, 0.25) is 23.6 Å². The number of carbonyl (C=O) groups is 5. The van der Waals surface area contributed by atoms with Gasteiger partial charge in [0.15, 0.2) is 23.6 Å². The summed E-state index contributed by atoms with van der Waals surface area (Å²) in [4.78, 5) is 66.7. The molecular formula is C15H18N6O5. The molecule has 11 heteroatoms. The van der Waals surface area contributed by atoms with Crippen LogP contribution in [-0.2, 0) is 24.0 Å². The molecule has 5 aliphatic heterocycles. The highest BCUT2D eigenvalue weighted by Gasteiger charge is 2.71. The van der Waals surface area contributed by atoms with E-state index in [1.807, 2.05) is 0 Å². The zero-order valence-corrected chi connectivity index (χ0v) is 14.6. The quantitative estimate of drug-likeness (QED) is 0.499. The average molecular weight is 362 g/mol. The number of amides is 4. The van der Waals surface area contributed by atoms with Crippen molar-refractivity contribution in [1.29, 1.82) is 0 Å². The summed E-state index contributed by atoms with van der Waals surface area (Å²) >= 11 is 0. The molecule has 4 unspecified atom stereocenters. The van der Waals surface area contributed by atoms with Gasteiger partial charge < -0.3 is 0 Å². The first-order chi connectivity index (χ1) is 12.2. The SMILES string of the molecule is CC(=O)N1C2=C3N(C(C)=O)C4NC1C(NC4(C=O)N3C(C)=O)N2C(C)=O. The molecular weight excluding hydrogens is 344 g/mol. The summed E-state index contributed by atoms with van der Waals surface area (Å²) < 4.78 is 0. The van der Waals surface area contributed by atoms with Crippen LogP contribution in [0.2, 0.25) is 0 Å². The van der Waals surface area contributed by atoms with E-state index >= 15 is 0 Å². The first-order valence-corrected chi connectivity index (χ1v) is 8.12. The number of rotatable bonds is 1. The Hall–Kier alpha value is -2.79. The molecule has 0 aromatic carbocycles. The second-order valence-corrected chi connectivity index (χ2v) is 6.72. The summed E-state index contributed by atoms with van der Waals surface area (Å²) in [5, 5.41) is 6.15. The Kier molecular flexibility index (Phi) is 3.13. The van der Waals surface area contributed by atoms with Crippen molar-refractivity contribution in [2.75, 3.05) is 0 Å². The van der Waals surface area contributed by atoms with E-state index in [9.17, 15) is 24.0 Å². The van der Waals surface area contributed by atoms with E-state index in [1.54, 1.807) is 0 Å². The number of hydrogen-bond acceptors (Lipinski definition) is 7.